The van der Waals surface area contributed by atoms with E-state index in [1.807, 2.05) is 0 Å². The fourth-order valence-electron chi connectivity index (χ4n) is 1.67. The number of nitrogens with two attached hydrogens (primary N) is 1. The summed E-state index contributed by atoms with van der Waals surface area (Å²) in [6, 6.07) is 8.09. The highest BCUT2D eigenvalue weighted by Crippen LogP contribution is 2.22. The van der Waals surface area contributed by atoms with E-state index in [0.29, 0.717) is 11.3 Å². The van der Waals surface area contributed by atoms with Gasteiger partial charge in [-0.25, -0.2) is 0 Å². The molecule has 2 aromatic rings. The third kappa shape index (κ3) is 4.48. The largest absolute Gasteiger partial charge is 0.573 e. The Morgan fingerprint density at radius 2 is 1.67 bits per heavy atom. The van der Waals surface area contributed by atoms with Crippen LogP contribution >= 0.6 is 0 Å². The van der Waals surface area contributed by atoms with Gasteiger partial charge >= 0.3 is 6.36 Å². The lowest BCUT2D eigenvalue weighted by molar-refractivity contribution is -0.683. The van der Waals surface area contributed by atoms with Crippen LogP contribution in [-0.2, 0) is 6.54 Å². The molecule has 0 fully saturated rings. The Balaban J connectivity index is 2.04. The zero-order chi connectivity index (χ0) is 15.5. The zero-order valence-corrected chi connectivity index (χ0v) is 10.8. The van der Waals surface area contributed by atoms with Crippen molar-refractivity contribution in [2.24, 2.45) is 0 Å². The van der Waals surface area contributed by atoms with Crippen LogP contribution in [0.2, 0.25) is 0 Å². The van der Waals surface area contributed by atoms with E-state index in [4.69, 9.17) is 5.73 Å². The molecule has 2 N–H and O–H groups in total. The number of hydrogen-bond acceptors (Lipinski definition) is 3. The SMILES string of the molecule is Nc1cc[n+](CC(=O)c2ccc(OC(F)(F)F)cc2)cc1. The van der Waals surface area contributed by atoms with Crippen LogP contribution in [0, 0.1) is 0 Å². The Morgan fingerprint density at radius 1 is 1.10 bits per heavy atom. The molecule has 0 spiro atoms. The van der Waals surface area contributed by atoms with Gasteiger partial charge in [0.15, 0.2) is 12.4 Å². The molecule has 7 heteroatoms. The minimum Gasteiger partial charge on any atom is -0.406 e. The van der Waals surface area contributed by atoms with Crippen LogP contribution in [0.5, 0.6) is 5.75 Å². The summed E-state index contributed by atoms with van der Waals surface area (Å²) in [7, 11) is 0. The van der Waals surface area contributed by atoms with Gasteiger partial charge in [0.1, 0.15) is 5.75 Å². The molecule has 110 valence electrons. The zero-order valence-electron chi connectivity index (χ0n) is 10.8. The number of carbonyl (C=O) groups excluding carboxylic acids is 1. The van der Waals surface area contributed by atoms with Crippen molar-refractivity contribution in [2.75, 3.05) is 5.73 Å². The van der Waals surface area contributed by atoms with E-state index in [1.165, 1.54) is 12.1 Å². The summed E-state index contributed by atoms with van der Waals surface area (Å²) in [5.74, 6) is -0.595. The number of ketones is 1. The number of hydrogen-bond donors (Lipinski definition) is 1. The highest BCUT2D eigenvalue weighted by Gasteiger charge is 2.31. The van der Waals surface area contributed by atoms with Crippen molar-refractivity contribution in [3.05, 3.63) is 54.4 Å². The molecule has 1 aromatic heterocycles. The molecule has 0 amide bonds. The summed E-state index contributed by atoms with van der Waals surface area (Å²) in [6.45, 7) is 0.0692. The first-order valence-electron chi connectivity index (χ1n) is 5.97. The quantitative estimate of drug-likeness (QED) is 0.696. The highest BCUT2D eigenvalue weighted by atomic mass is 19.4. The van der Waals surface area contributed by atoms with Crippen LogP contribution in [0.15, 0.2) is 48.8 Å². The first kappa shape index (κ1) is 14.8. The van der Waals surface area contributed by atoms with Crippen molar-refractivity contribution in [1.82, 2.24) is 0 Å². The lowest BCUT2D eigenvalue weighted by Gasteiger charge is -2.08. The van der Waals surface area contributed by atoms with E-state index in [9.17, 15) is 18.0 Å². The Hall–Kier alpha value is -2.57. The van der Waals surface area contributed by atoms with E-state index in [-0.39, 0.29) is 18.1 Å². The summed E-state index contributed by atoms with van der Waals surface area (Å²) in [6.07, 6.45) is -1.45. The number of benzene rings is 1. The molecule has 0 aliphatic heterocycles. The number of aromatic nitrogens is 1. The van der Waals surface area contributed by atoms with Crippen molar-refractivity contribution in [3.8, 4) is 5.75 Å². The van der Waals surface area contributed by atoms with Gasteiger partial charge in [0.05, 0.1) is 0 Å². The van der Waals surface area contributed by atoms with Crippen molar-refractivity contribution >= 4 is 11.5 Å². The van der Waals surface area contributed by atoms with E-state index in [1.54, 1.807) is 29.1 Å². The number of pyridine rings is 1. The summed E-state index contributed by atoms with van der Waals surface area (Å²) in [5, 5.41) is 0. The highest BCUT2D eigenvalue weighted by molar-refractivity contribution is 5.95. The molecule has 0 radical (unpaired) electrons. The maximum Gasteiger partial charge on any atom is 0.573 e. The molecule has 1 aromatic carbocycles. The van der Waals surface area contributed by atoms with Crippen molar-refractivity contribution < 1.29 is 27.3 Å². The van der Waals surface area contributed by atoms with E-state index < -0.39 is 6.36 Å². The molecule has 0 saturated carbocycles. The van der Waals surface area contributed by atoms with Gasteiger partial charge in [-0.3, -0.25) is 4.79 Å². The molecule has 2 rings (SSSR count). The average molecular weight is 297 g/mol. The van der Waals surface area contributed by atoms with Gasteiger partial charge in [-0.1, -0.05) is 0 Å². The van der Waals surface area contributed by atoms with Gasteiger partial charge in [-0.05, 0) is 24.3 Å². The van der Waals surface area contributed by atoms with Gasteiger partial charge in [-0.15, -0.1) is 13.2 Å². The molecule has 21 heavy (non-hydrogen) atoms. The van der Waals surface area contributed by atoms with E-state index in [2.05, 4.69) is 4.74 Å². The van der Waals surface area contributed by atoms with Gasteiger partial charge in [0, 0.05) is 23.4 Å². The minimum absolute atomic E-state index is 0.0692. The fraction of sp³-hybridized carbons (Fsp3) is 0.143. The Kier molecular flexibility index (Phi) is 4.11. The number of ether oxygens (including phenoxy) is 1. The maximum absolute atomic E-state index is 12.0. The van der Waals surface area contributed by atoms with Crippen LogP contribution in [0.1, 0.15) is 10.4 Å². The van der Waals surface area contributed by atoms with Crippen molar-refractivity contribution in [2.45, 2.75) is 12.9 Å². The standard InChI is InChI=1S/C14H11F3N2O2/c15-14(16,17)21-12-3-1-10(2-4-12)13(20)9-19-7-5-11(18)6-8-19/h1-8,18H,9H2/p+1. The van der Waals surface area contributed by atoms with Gasteiger partial charge in [-0.2, -0.15) is 4.57 Å². The molecule has 0 unspecified atom stereocenters. The molecule has 0 saturated heterocycles. The monoisotopic (exact) mass is 297 g/mol. The molecule has 0 atom stereocenters. The lowest BCUT2D eigenvalue weighted by atomic mass is 10.1. The van der Waals surface area contributed by atoms with Crippen LogP contribution in [0.3, 0.4) is 0 Å². The van der Waals surface area contributed by atoms with Crippen molar-refractivity contribution in [1.29, 1.82) is 0 Å². The normalized spacial score (nSPS) is 11.2. The van der Waals surface area contributed by atoms with Gasteiger partial charge in [0.2, 0.25) is 12.3 Å². The second kappa shape index (κ2) is 5.82. The number of carbonyl (C=O) groups is 1. The Morgan fingerprint density at radius 3 is 2.19 bits per heavy atom. The molecule has 0 aliphatic rings. The third-order valence-corrected chi connectivity index (χ3v) is 2.65. The van der Waals surface area contributed by atoms with Gasteiger partial charge < -0.3 is 10.5 Å². The van der Waals surface area contributed by atoms with Crippen LogP contribution in [0.4, 0.5) is 18.9 Å². The smallest absolute Gasteiger partial charge is 0.406 e. The molecular weight excluding hydrogens is 285 g/mol. The molecule has 0 bridgehead atoms. The second-order valence-electron chi connectivity index (χ2n) is 4.30. The van der Waals surface area contributed by atoms with Crippen molar-refractivity contribution in [3.63, 3.8) is 0 Å². The number of Topliss-reactive ketones (excluding diaryl/α,β-unsaturated/α-hetero) is 1. The number of nitrogens with zero attached hydrogens (tertiary/aromatic N) is 1. The topological polar surface area (TPSA) is 56.2 Å². The van der Waals surface area contributed by atoms with E-state index in [0.717, 1.165) is 12.1 Å². The number of alkyl halides is 3. The average Bonchev–Trinajstić information content (AvgIpc) is 2.40. The predicted molar refractivity (Wildman–Crippen MR) is 68.5 cm³/mol. The maximum atomic E-state index is 12.0. The summed E-state index contributed by atoms with van der Waals surface area (Å²) in [5.41, 5.74) is 6.41. The summed E-state index contributed by atoms with van der Waals surface area (Å²) < 4.78 is 41.4. The summed E-state index contributed by atoms with van der Waals surface area (Å²) >= 11 is 0. The van der Waals surface area contributed by atoms with Gasteiger partial charge in [0.25, 0.3) is 0 Å². The lowest BCUT2D eigenvalue weighted by Crippen LogP contribution is -2.37. The Bertz CT molecular complexity index is 622. The number of anilines is 1. The second-order valence-corrected chi connectivity index (χ2v) is 4.30. The van der Waals surface area contributed by atoms with E-state index >= 15 is 0 Å². The molecule has 1 heterocycles. The molecule has 0 aliphatic carbocycles. The van der Waals surface area contributed by atoms with Crippen LogP contribution in [0.25, 0.3) is 0 Å². The predicted octanol–water partition coefficient (Wildman–Crippen LogP) is 2.34. The first-order chi connectivity index (χ1) is 9.83. The third-order valence-electron chi connectivity index (χ3n) is 2.65. The van der Waals surface area contributed by atoms with Crippen LogP contribution in [-0.4, -0.2) is 12.1 Å². The number of rotatable bonds is 4. The summed E-state index contributed by atoms with van der Waals surface area (Å²) in [4.78, 5) is 12.0. The Labute approximate surface area is 118 Å². The number of halogens is 3. The fourth-order valence-corrected chi connectivity index (χ4v) is 1.67. The number of nitrogen functional groups attached to an aromatic ring is 1. The first-order valence-corrected chi connectivity index (χ1v) is 5.97. The molecule has 4 nitrogen and oxygen atoms in total. The van der Waals surface area contributed by atoms with Crippen LogP contribution < -0.4 is 15.0 Å². The molecular formula is C14H12F3N2O2+. The minimum atomic E-state index is -4.74.